The number of aromatic nitrogens is 4. The van der Waals surface area contributed by atoms with Gasteiger partial charge in [-0.25, -0.2) is 9.97 Å². The second kappa shape index (κ2) is 8.94. The van der Waals surface area contributed by atoms with Crippen LogP contribution in [0.5, 0.6) is 0 Å². The third-order valence-electron chi connectivity index (χ3n) is 6.68. The zero-order valence-corrected chi connectivity index (χ0v) is 19.6. The van der Waals surface area contributed by atoms with Crippen LogP contribution in [0.3, 0.4) is 0 Å². The molecule has 9 nitrogen and oxygen atoms in total. The van der Waals surface area contributed by atoms with Crippen molar-refractivity contribution in [2.75, 3.05) is 44.3 Å². The number of ether oxygens (including phenoxy) is 1. The molecule has 1 unspecified atom stereocenters. The van der Waals surface area contributed by atoms with Crippen molar-refractivity contribution in [3.05, 3.63) is 35.3 Å². The molecule has 0 bridgehead atoms. The van der Waals surface area contributed by atoms with Crippen LogP contribution in [0.25, 0.3) is 32.5 Å². The molecule has 3 aromatic heterocycles. The molecule has 2 aliphatic rings. The van der Waals surface area contributed by atoms with Crippen molar-refractivity contribution < 1.29 is 14.6 Å². The molecule has 34 heavy (non-hydrogen) atoms. The largest absolute Gasteiger partial charge is 0.481 e. The maximum absolute atomic E-state index is 11.5. The van der Waals surface area contributed by atoms with Gasteiger partial charge in [-0.2, -0.15) is 5.10 Å². The first-order chi connectivity index (χ1) is 16.7. The lowest BCUT2D eigenvalue weighted by Gasteiger charge is -2.30. The van der Waals surface area contributed by atoms with Crippen molar-refractivity contribution in [1.29, 1.82) is 0 Å². The summed E-state index contributed by atoms with van der Waals surface area (Å²) in [6.07, 6.45) is 3.49. The van der Waals surface area contributed by atoms with Gasteiger partial charge in [-0.15, -0.1) is 11.3 Å². The molecule has 1 atom stereocenters. The second-order valence-corrected chi connectivity index (χ2v) is 10.1. The van der Waals surface area contributed by atoms with Crippen molar-refractivity contribution in [1.82, 2.24) is 25.1 Å². The number of nitrogens with one attached hydrogen (secondary N) is 1. The van der Waals surface area contributed by atoms with Crippen LogP contribution in [0.4, 0.5) is 5.82 Å². The average molecular weight is 479 g/mol. The van der Waals surface area contributed by atoms with Gasteiger partial charge < -0.3 is 14.7 Å². The van der Waals surface area contributed by atoms with Crippen molar-refractivity contribution in [2.24, 2.45) is 5.92 Å². The summed E-state index contributed by atoms with van der Waals surface area (Å²) in [5.41, 5.74) is 2.84. The van der Waals surface area contributed by atoms with Gasteiger partial charge in [0.25, 0.3) is 0 Å². The molecule has 1 aromatic carbocycles. The van der Waals surface area contributed by atoms with Gasteiger partial charge in [-0.1, -0.05) is 12.1 Å². The number of benzene rings is 1. The molecule has 0 saturated carbocycles. The highest BCUT2D eigenvalue weighted by Crippen LogP contribution is 2.36. The number of aromatic amines is 1. The Labute approximate surface area is 200 Å². The highest BCUT2D eigenvalue weighted by molar-refractivity contribution is 7.19. The van der Waals surface area contributed by atoms with E-state index < -0.39 is 5.97 Å². The lowest BCUT2D eigenvalue weighted by Crippen LogP contribution is -2.37. The number of hydrogen-bond acceptors (Lipinski definition) is 8. The molecule has 2 N–H and O–H groups in total. The van der Waals surface area contributed by atoms with E-state index in [1.807, 2.05) is 24.4 Å². The van der Waals surface area contributed by atoms with Crippen LogP contribution < -0.4 is 4.90 Å². The standard InChI is InChI=1S/C24H26N6O3S/c31-24(32)15-3-2-6-29(13-15)14-16-11-20-21(34-16)23(30-7-9-33-10-8-30)27-22(26-20)17-4-1-5-19-18(17)12-25-28-19/h1,4-5,11-12,15H,2-3,6-10,13-14H2,(H,25,28)(H,31,32). The first-order valence-electron chi connectivity index (χ1n) is 11.7. The minimum Gasteiger partial charge on any atom is -0.481 e. The molecule has 0 spiro atoms. The van der Waals surface area contributed by atoms with E-state index in [4.69, 9.17) is 14.7 Å². The van der Waals surface area contributed by atoms with E-state index in [9.17, 15) is 9.90 Å². The number of piperidine rings is 1. The number of anilines is 1. The maximum Gasteiger partial charge on any atom is 0.307 e. The molecule has 0 amide bonds. The van der Waals surface area contributed by atoms with Gasteiger partial charge in [-0.3, -0.25) is 14.8 Å². The lowest BCUT2D eigenvalue weighted by atomic mass is 9.98. The average Bonchev–Trinajstić information content (AvgIpc) is 3.50. The number of H-pyrrole nitrogens is 1. The second-order valence-electron chi connectivity index (χ2n) is 8.95. The first kappa shape index (κ1) is 21.5. The molecule has 176 valence electrons. The number of rotatable bonds is 5. The topological polar surface area (TPSA) is 107 Å². The van der Waals surface area contributed by atoms with Crippen molar-refractivity contribution in [2.45, 2.75) is 19.4 Å². The number of hydrogen-bond donors (Lipinski definition) is 2. The fourth-order valence-corrected chi connectivity index (χ4v) is 6.09. The third kappa shape index (κ3) is 4.02. The van der Waals surface area contributed by atoms with E-state index in [2.05, 4.69) is 26.1 Å². The van der Waals surface area contributed by atoms with Crippen molar-refractivity contribution >= 4 is 44.2 Å². The Hall–Kier alpha value is -3.08. The Morgan fingerprint density at radius 2 is 2.12 bits per heavy atom. The van der Waals surface area contributed by atoms with E-state index in [0.717, 1.165) is 71.5 Å². The minimum atomic E-state index is -0.695. The number of morpholine rings is 1. The molecule has 6 rings (SSSR count). The number of carboxylic acids is 1. The Bertz CT molecular complexity index is 1350. The van der Waals surface area contributed by atoms with Crippen LogP contribution in [-0.4, -0.2) is 75.5 Å². The quantitative estimate of drug-likeness (QED) is 0.450. The number of carbonyl (C=O) groups is 1. The van der Waals surface area contributed by atoms with Crippen LogP contribution in [0.1, 0.15) is 17.7 Å². The Balaban J connectivity index is 1.40. The van der Waals surface area contributed by atoms with Crippen LogP contribution >= 0.6 is 11.3 Å². The van der Waals surface area contributed by atoms with Gasteiger partial charge in [0.2, 0.25) is 0 Å². The zero-order valence-electron chi connectivity index (χ0n) is 18.7. The van der Waals surface area contributed by atoms with Gasteiger partial charge in [0, 0.05) is 42.0 Å². The number of fused-ring (bicyclic) bond motifs is 2. The lowest BCUT2D eigenvalue weighted by molar-refractivity contribution is -0.143. The highest BCUT2D eigenvalue weighted by atomic mass is 32.1. The third-order valence-corrected chi connectivity index (χ3v) is 7.78. The molecular formula is C24H26N6O3S. The molecule has 10 heteroatoms. The van der Waals surface area contributed by atoms with Crippen LogP contribution in [0.15, 0.2) is 30.5 Å². The Morgan fingerprint density at radius 3 is 2.97 bits per heavy atom. The fourth-order valence-electron chi connectivity index (χ4n) is 4.94. The summed E-state index contributed by atoms with van der Waals surface area (Å²) in [7, 11) is 0. The summed E-state index contributed by atoms with van der Waals surface area (Å²) < 4.78 is 6.66. The number of carboxylic acid groups (broad SMARTS) is 1. The van der Waals surface area contributed by atoms with Crippen LogP contribution in [-0.2, 0) is 16.1 Å². The smallest absolute Gasteiger partial charge is 0.307 e. The molecule has 5 heterocycles. The van der Waals surface area contributed by atoms with Gasteiger partial charge >= 0.3 is 5.97 Å². The van der Waals surface area contributed by atoms with Crippen molar-refractivity contribution in [3.8, 4) is 11.4 Å². The molecule has 0 radical (unpaired) electrons. The Kier molecular flexibility index (Phi) is 5.64. The zero-order chi connectivity index (χ0) is 23.1. The number of aliphatic carboxylic acids is 1. The van der Waals surface area contributed by atoms with Crippen LogP contribution in [0, 0.1) is 5.92 Å². The van der Waals surface area contributed by atoms with Crippen LogP contribution in [0.2, 0.25) is 0 Å². The summed E-state index contributed by atoms with van der Waals surface area (Å²) in [6.45, 7) is 5.21. The summed E-state index contributed by atoms with van der Waals surface area (Å²) in [5, 5.41) is 17.7. The highest BCUT2D eigenvalue weighted by Gasteiger charge is 2.26. The number of thiophene rings is 1. The molecule has 4 aromatic rings. The predicted octanol–water partition coefficient (Wildman–Crippen LogP) is 3.37. The minimum absolute atomic E-state index is 0.283. The first-order valence-corrected chi connectivity index (χ1v) is 12.5. The normalized spacial score (nSPS) is 19.8. The molecular weight excluding hydrogens is 452 g/mol. The number of nitrogens with zero attached hydrogens (tertiary/aromatic N) is 5. The Morgan fingerprint density at radius 1 is 1.24 bits per heavy atom. The van der Waals surface area contributed by atoms with Gasteiger partial charge in [0.1, 0.15) is 0 Å². The SMILES string of the molecule is O=C(O)C1CCCN(Cc2cc3nc(-c4cccc5[nH]ncc45)nc(N4CCOCC4)c3s2)C1. The number of likely N-dealkylation sites (tertiary alicyclic amines) is 1. The van der Waals surface area contributed by atoms with E-state index in [1.165, 1.54) is 4.88 Å². The van der Waals surface area contributed by atoms with E-state index in [0.29, 0.717) is 25.6 Å². The van der Waals surface area contributed by atoms with Crippen molar-refractivity contribution in [3.63, 3.8) is 0 Å². The summed E-state index contributed by atoms with van der Waals surface area (Å²) >= 11 is 1.71. The van der Waals surface area contributed by atoms with Gasteiger partial charge in [0.15, 0.2) is 11.6 Å². The predicted molar refractivity (Wildman–Crippen MR) is 131 cm³/mol. The summed E-state index contributed by atoms with van der Waals surface area (Å²) in [5.74, 6) is 0.657. The van der Waals surface area contributed by atoms with E-state index in [-0.39, 0.29) is 5.92 Å². The van der Waals surface area contributed by atoms with E-state index >= 15 is 0 Å². The summed E-state index contributed by atoms with van der Waals surface area (Å²) in [4.78, 5) is 27.2. The fraction of sp³-hybridized carbons (Fsp3) is 0.417. The van der Waals surface area contributed by atoms with Gasteiger partial charge in [0.05, 0.1) is 41.1 Å². The van der Waals surface area contributed by atoms with Gasteiger partial charge in [-0.05, 0) is 31.5 Å². The molecule has 2 fully saturated rings. The summed E-state index contributed by atoms with van der Waals surface area (Å²) in [6, 6.07) is 8.18. The monoisotopic (exact) mass is 478 g/mol. The molecule has 2 aliphatic heterocycles. The van der Waals surface area contributed by atoms with E-state index in [1.54, 1.807) is 11.3 Å². The molecule has 0 aliphatic carbocycles. The maximum atomic E-state index is 11.5. The molecule has 2 saturated heterocycles.